The van der Waals surface area contributed by atoms with E-state index in [1.807, 2.05) is 20.8 Å². The third kappa shape index (κ3) is 5.69. The van der Waals surface area contributed by atoms with Crippen molar-refractivity contribution in [2.75, 3.05) is 5.32 Å². The molecule has 0 aromatic heterocycles. The summed E-state index contributed by atoms with van der Waals surface area (Å²) in [5.41, 5.74) is 0.0719. The van der Waals surface area contributed by atoms with Crippen LogP contribution in [0.1, 0.15) is 46.5 Å². The monoisotopic (exact) mass is 326 g/mol. The highest BCUT2D eigenvalue weighted by Crippen LogP contribution is 2.23. The number of carbonyl (C=O) groups excluding carboxylic acids is 1. The molecule has 2 rings (SSSR count). The number of anilines is 1. The van der Waals surface area contributed by atoms with Crippen LogP contribution in [0.25, 0.3) is 0 Å². The molecule has 0 bridgehead atoms. The number of amides is 1. The second-order valence-corrected chi connectivity index (χ2v) is 6.97. The molecule has 0 saturated heterocycles. The van der Waals surface area contributed by atoms with E-state index in [-0.39, 0.29) is 12.1 Å². The van der Waals surface area contributed by atoms with Gasteiger partial charge in [0.15, 0.2) is 11.6 Å². The molecule has 0 atom stereocenters. The normalized spacial score (nSPS) is 21.6. The number of alkyl carbamates (subject to hydrolysis) is 1. The Bertz CT molecular complexity index is 550. The first-order valence-electron chi connectivity index (χ1n) is 7.94. The molecule has 23 heavy (non-hydrogen) atoms. The summed E-state index contributed by atoms with van der Waals surface area (Å²) in [7, 11) is 0. The predicted molar refractivity (Wildman–Crippen MR) is 85.4 cm³/mol. The van der Waals surface area contributed by atoms with Crippen LogP contribution in [0.3, 0.4) is 0 Å². The van der Waals surface area contributed by atoms with Gasteiger partial charge in [-0.05, 0) is 58.6 Å². The molecule has 128 valence electrons. The maximum atomic E-state index is 13.2. The molecule has 6 heteroatoms. The quantitative estimate of drug-likeness (QED) is 0.875. The first-order valence-corrected chi connectivity index (χ1v) is 7.94. The average Bonchev–Trinajstić information content (AvgIpc) is 2.43. The van der Waals surface area contributed by atoms with Gasteiger partial charge in [0.25, 0.3) is 0 Å². The van der Waals surface area contributed by atoms with Gasteiger partial charge >= 0.3 is 6.09 Å². The van der Waals surface area contributed by atoms with Gasteiger partial charge in [-0.2, -0.15) is 0 Å². The first kappa shape index (κ1) is 17.5. The fraction of sp³-hybridized carbons (Fsp3) is 0.588. The van der Waals surface area contributed by atoms with Gasteiger partial charge in [-0.25, -0.2) is 13.6 Å². The van der Waals surface area contributed by atoms with Crippen LogP contribution < -0.4 is 10.6 Å². The van der Waals surface area contributed by atoms with Gasteiger partial charge in [0.2, 0.25) is 0 Å². The van der Waals surface area contributed by atoms with Crippen molar-refractivity contribution in [1.29, 1.82) is 0 Å². The highest BCUT2D eigenvalue weighted by molar-refractivity contribution is 5.68. The molecule has 1 fully saturated rings. The third-order valence-corrected chi connectivity index (χ3v) is 3.74. The summed E-state index contributed by atoms with van der Waals surface area (Å²) < 4.78 is 31.4. The van der Waals surface area contributed by atoms with Crippen molar-refractivity contribution in [2.45, 2.75) is 64.1 Å². The molecule has 1 aliphatic carbocycles. The molecule has 2 N–H and O–H groups in total. The smallest absolute Gasteiger partial charge is 0.407 e. The number of benzene rings is 1. The summed E-state index contributed by atoms with van der Waals surface area (Å²) in [5, 5.41) is 6.09. The van der Waals surface area contributed by atoms with Gasteiger partial charge < -0.3 is 15.4 Å². The average molecular weight is 326 g/mol. The van der Waals surface area contributed by atoms with Crippen molar-refractivity contribution >= 4 is 11.8 Å². The van der Waals surface area contributed by atoms with Crippen molar-refractivity contribution in [2.24, 2.45) is 0 Å². The maximum absolute atomic E-state index is 13.2. The van der Waals surface area contributed by atoms with Crippen molar-refractivity contribution in [3.63, 3.8) is 0 Å². The summed E-state index contributed by atoms with van der Waals surface area (Å²) in [6.45, 7) is 5.49. The van der Waals surface area contributed by atoms with E-state index in [1.165, 1.54) is 12.1 Å². The van der Waals surface area contributed by atoms with Crippen LogP contribution in [0.15, 0.2) is 18.2 Å². The van der Waals surface area contributed by atoms with E-state index in [4.69, 9.17) is 4.74 Å². The summed E-state index contributed by atoms with van der Waals surface area (Å²) in [6.07, 6.45) is 2.94. The summed E-state index contributed by atoms with van der Waals surface area (Å²) in [5.74, 6) is -1.70. The fourth-order valence-corrected chi connectivity index (χ4v) is 2.68. The summed E-state index contributed by atoms with van der Waals surface area (Å²) in [6, 6.07) is 4.10. The molecule has 1 aliphatic rings. The van der Waals surface area contributed by atoms with E-state index in [2.05, 4.69) is 10.6 Å². The molecule has 0 heterocycles. The standard InChI is InChI=1S/C17H24F2N2O2/c1-17(2,3)23-16(22)21-12-6-4-11(5-7-12)20-13-8-9-14(18)15(19)10-13/h8-12,20H,4-7H2,1-3H3,(H,21,22). The minimum absolute atomic E-state index is 0.0906. The number of hydrogen-bond acceptors (Lipinski definition) is 3. The predicted octanol–water partition coefficient (Wildman–Crippen LogP) is 4.21. The van der Waals surface area contributed by atoms with Crippen LogP contribution in [0, 0.1) is 11.6 Å². The van der Waals surface area contributed by atoms with Gasteiger partial charge in [-0.3, -0.25) is 0 Å². The van der Waals surface area contributed by atoms with Gasteiger partial charge in [0, 0.05) is 23.8 Å². The molecule has 1 aromatic rings. The van der Waals surface area contributed by atoms with Crippen LogP contribution in [0.5, 0.6) is 0 Å². The van der Waals surface area contributed by atoms with Gasteiger partial charge in [0.05, 0.1) is 0 Å². The van der Waals surface area contributed by atoms with Gasteiger partial charge in [0.1, 0.15) is 5.60 Å². The van der Waals surface area contributed by atoms with E-state index in [1.54, 1.807) is 0 Å². The van der Waals surface area contributed by atoms with Crippen molar-refractivity contribution in [3.05, 3.63) is 29.8 Å². The van der Waals surface area contributed by atoms with Crippen LogP contribution in [-0.4, -0.2) is 23.8 Å². The van der Waals surface area contributed by atoms with E-state index < -0.39 is 23.3 Å². The fourth-order valence-electron chi connectivity index (χ4n) is 2.68. The molecule has 0 radical (unpaired) electrons. The number of carbonyl (C=O) groups is 1. The lowest BCUT2D eigenvalue weighted by molar-refractivity contribution is 0.0492. The Labute approximate surface area is 135 Å². The number of halogens is 2. The Morgan fingerprint density at radius 1 is 1.09 bits per heavy atom. The van der Waals surface area contributed by atoms with Crippen molar-refractivity contribution in [1.82, 2.24) is 5.32 Å². The van der Waals surface area contributed by atoms with Crippen LogP contribution >= 0.6 is 0 Å². The Morgan fingerprint density at radius 2 is 1.70 bits per heavy atom. The molecular weight excluding hydrogens is 302 g/mol. The summed E-state index contributed by atoms with van der Waals surface area (Å²) >= 11 is 0. The highest BCUT2D eigenvalue weighted by atomic mass is 19.2. The van der Waals surface area contributed by atoms with E-state index >= 15 is 0 Å². The topological polar surface area (TPSA) is 50.4 Å². The molecule has 1 aromatic carbocycles. The minimum atomic E-state index is -0.852. The number of rotatable bonds is 3. The van der Waals surface area contributed by atoms with E-state index in [9.17, 15) is 13.6 Å². The second kappa shape index (κ2) is 7.15. The van der Waals surface area contributed by atoms with Crippen molar-refractivity contribution in [3.8, 4) is 0 Å². The minimum Gasteiger partial charge on any atom is -0.444 e. The Kier molecular flexibility index (Phi) is 5.44. The Morgan fingerprint density at radius 3 is 2.26 bits per heavy atom. The molecule has 0 unspecified atom stereocenters. The van der Waals surface area contributed by atoms with Crippen LogP contribution in [0.2, 0.25) is 0 Å². The molecule has 0 spiro atoms. The molecular formula is C17H24F2N2O2. The maximum Gasteiger partial charge on any atom is 0.407 e. The van der Waals surface area contributed by atoms with E-state index in [0.29, 0.717) is 5.69 Å². The van der Waals surface area contributed by atoms with Crippen molar-refractivity contribution < 1.29 is 18.3 Å². The van der Waals surface area contributed by atoms with Gasteiger partial charge in [-0.1, -0.05) is 0 Å². The zero-order chi connectivity index (χ0) is 17.0. The molecule has 1 amide bonds. The second-order valence-electron chi connectivity index (χ2n) is 6.97. The molecule has 1 saturated carbocycles. The van der Waals surface area contributed by atoms with Crippen LogP contribution in [-0.2, 0) is 4.74 Å². The Hall–Kier alpha value is -1.85. The largest absolute Gasteiger partial charge is 0.444 e. The van der Waals surface area contributed by atoms with Crippen LogP contribution in [0.4, 0.5) is 19.3 Å². The zero-order valence-electron chi connectivity index (χ0n) is 13.8. The first-order chi connectivity index (χ1) is 10.7. The third-order valence-electron chi connectivity index (χ3n) is 3.74. The van der Waals surface area contributed by atoms with E-state index in [0.717, 1.165) is 31.7 Å². The lowest BCUT2D eigenvalue weighted by Gasteiger charge is -2.31. The Balaban J connectivity index is 1.77. The number of nitrogens with one attached hydrogen (secondary N) is 2. The number of hydrogen-bond donors (Lipinski definition) is 2. The highest BCUT2D eigenvalue weighted by Gasteiger charge is 2.24. The number of ether oxygens (including phenoxy) is 1. The summed E-state index contributed by atoms with van der Waals surface area (Å²) in [4.78, 5) is 11.7. The van der Waals surface area contributed by atoms with Gasteiger partial charge in [-0.15, -0.1) is 0 Å². The lowest BCUT2D eigenvalue weighted by atomic mass is 9.91. The lowest BCUT2D eigenvalue weighted by Crippen LogP contribution is -2.42. The zero-order valence-corrected chi connectivity index (χ0v) is 13.8. The SMILES string of the molecule is CC(C)(C)OC(=O)NC1CCC(Nc2ccc(F)c(F)c2)CC1. The molecule has 4 nitrogen and oxygen atoms in total. The molecule has 0 aliphatic heterocycles.